The molecule has 0 aliphatic heterocycles. The second-order valence-electron chi connectivity index (χ2n) is 7.78. The van der Waals surface area contributed by atoms with E-state index in [0.29, 0.717) is 0 Å². The van der Waals surface area contributed by atoms with E-state index in [1.165, 1.54) is 89.9 Å². The van der Waals surface area contributed by atoms with E-state index in [0.717, 1.165) is 17.8 Å². The van der Waals surface area contributed by atoms with Crippen LogP contribution in [0.15, 0.2) is 0 Å². The molecule has 0 amide bonds. The normalized spacial score (nSPS) is 21.6. The van der Waals surface area contributed by atoms with Gasteiger partial charge in [-0.25, -0.2) is 0 Å². The molecular formula is C20H40. The van der Waals surface area contributed by atoms with Crippen molar-refractivity contribution in [3.8, 4) is 0 Å². The predicted molar refractivity (Wildman–Crippen MR) is 92.1 cm³/mol. The molecule has 2 aliphatic carbocycles. The quantitative estimate of drug-likeness (QED) is 0.493. The third-order valence-corrected chi connectivity index (χ3v) is 5.22. The summed E-state index contributed by atoms with van der Waals surface area (Å²) in [7, 11) is 0. The number of hydrogen-bond donors (Lipinski definition) is 0. The van der Waals surface area contributed by atoms with Crippen LogP contribution in [0.2, 0.25) is 0 Å². The molecule has 0 saturated heterocycles. The lowest BCUT2D eigenvalue weighted by molar-refractivity contribution is 0.305. The predicted octanol–water partition coefficient (Wildman–Crippen LogP) is 7.37. The van der Waals surface area contributed by atoms with E-state index in [1.807, 2.05) is 0 Å². The first kappa shape index (κ1) is 18.1. The van der Waals surface area contributed by atoms with Gasteiger partial charge in [-0.05, 0) is 24.2 Å². The van der Waals surface area contributed by atoms with Gasteiger partial charge >= 0.3 is 0 Å². The van der Waals surface area contributed by atoms with Crippen LogP contribution in [-0.2, 0) is 0 Å². The Hall–Kier alpha value is 0. The Bertz CT molecular complexity index is 194. The first-order valence-corrected chi connectivity index (χ1v) is 9.72. The molecule has 2 aliphatic rings. The molecule has 2 fully saturated rings. The summed E-state index contributed by atoms with van der Waals surface area (Å²) in [5, 5.41) is 0. The maximum Gasteiger partial charge on any atom is -0.0412 e. The van der Waals surface area contributed by atoms with E-state index in [1.54, 1.807) is 0 Å². The Labute approximate surface area is 129 Å². The van der Waals surface area contributed by atoms with Crippen molar-refractivity contribution >= 4 is 0 Å². The van der Waals surface area contributed by atoms with Gasteiger partial charge in [0.05, 0.1) is 0 Å². The van der Waals surface area contributed by atoms with Crippen LogP contribution >= 0.6 is 0 Å². The third kappa shape index (κ3) is 9.03. The fourth-order valence-corrected chi connectivity index (χ4v) is 4.06. The number of rotatable bonds is 5. The van der Waals surface area contributed by atoms with E-state index in [9.17, 15) is 0 Å². The molecule has 120 valence electrons. The average Bonchev–Trinajstić information content (AvgIpc) is 2.47. The zero-order chi connectivity index (χ0) is 14.6. The highest BCUT2D eigenvalue weighted by atomic mass is 14.2. The van der Waals surface area contributed by atoms with Gasteiger partial charge in [0.1, 0.15) is 0 Å². The van der Waals surface area contributed by atoms with Gasteiger partial charge in [-0.15, -0.1) is 0 Å². The molecule has 0 atom stereocenters. The average molecular weight is 281 g/mol. The Morgan fingerprint density at radius 1 is 0.750 bits per heavy atom. The van der Waals surface area contributed by atoms with Crippen LogP contribution < -0.4 is 0 Å². The largest absolute Gasteiger partial charge is 0.0654 e. The molecule has 2 saturated carbocycles. The molecule has 0 heteroatoms. The van der Waals surface area contributed by atoms with Gasteiger partial charge in [0.2, 0.25) is 0 Å². The summed E-state index contributed by atoms with van der Waals surface area (Å²) in [6, 6.07) is 0. The van der Waals surface area contributed by atoms with Gasteiger partial charge in [-0.2, -0.15) is 0 Å². The molecule has 0 N–H and O–H groups in total. The summed E-state index contributed by atoms with van der Waals surface area (Å²) in [5.74, 6) is 3.10. The summed E-state index contributed by atoms with van der Waals surface area (Å²) in [6.45, 7) is 6.98. The number of hydrogen-bond acceptors (Lipinski definition) is 0. The van der Waals surface area contributed by atoms with Crippen molar-refractivity contribution in [2.24, 2.45) is 17.8 Å². The van der Waals surface area contributed by atoms with Crippen LogP contribution in [0, 0.1) is 17.8 Å². The molecule has 0 aromatic heterocycles. The van der Waals surface area contributed by atoms with Crippen molar-refractivity contribution in [2.45, 2.75) is 111 Å². The second-order valence-corrected chi connectivity index (χ2v) is 7.78. The van der Waals surface area contributed by atoms with E-state index in [4.69, 9.17) is 0 Å². The standard InChI is InChI=1S/2C10H20/c1-9(2)8-10-6-4-3-5-7-10;1-2-3-7-10-8-5-4-6-9-10/h9-10H,3-8H2,1-2H3;10H,2-9H2,1H3. The Balaban J connectivity index is 0.000000200. The van der Waals surface area contributed by atoms with Crippen molar-refractivity contribution in [2.75, 3.05) is 0 Å². The lowest BCUT2D eigenvalue weighted by atomic mass is 9.84. The molecule has 0 unspecified atom stereocenters. The fraction of sp³-hybridized carbons (Fsp3) is 1.00. The van der Waals surface area contributed by atoms with Crippen LogP contribution in [0.3, 0.4) is 0 Å². The van der Waals surface area contributed by atoms with Crippen molar-refractivity contribution in [1.82, 2.24) is 0 Å². The summed E-state index contributed by atoms with van der Waals surface area (Å²) in [5.41, 5.74) is 0. The highest BCUT2D eigenvalue weighted by Crippen LogP contribution is 2.28. The van der Waals surface area contributed by atoms with Crippen LogP contribution in [-0.4, -0.2) is 0 Å². The summed E-state index contributed by atoms with van der Waals surface area (Å²) < 4.78 is 0. The molecular weight excluding hydrogens is 240 g/mol. The molecule has 0 radical (unpaired) electrons. The van der Waals surface area contributed by atoms with E-state index < -0.39 is 0 Å². The minimum atomic E-state index is 0.920. The molecule has 0 bridgehead atoms. The van der Waals surface area contributed by atoms with Crippen LogP contribution in [0.5, 0.6) is 0 Å². The molecule has 2 rings (SSSR count). The third-order valence-electron chi connectivity index (χ3n) is 5.22. The summed E-state index contributed by atoms with van der Waals surface area (Å²) in [4.78, 5) is 0. The topological polar surface area (TPSA) is 0 Å². The Kier molecular flexibility index (Phi) is 10.5. The van der Waals surface area contributed by atoms with E-state index in [2.05, 4.69) is 20.8 Å². The zero-order valence-corrected chi connectivity index (χ0v) is 14.6. The Morgan fingerprint density at radius 2 is 1.25 bits per heavy atom. The zero-order valence-electron chi connectivity index (χ0n) is 14.6. The van der Waals surface area contributed by atoms with Gasteiger partial charge in [0.25, 0.3) is 0 Å². The summed E-state index contributed by atoms with van der Waals surface area (Å²) in [6.07, 6.45) is 20.9. The molecule has 0 spiro atoms. The summed E-state index contributed by atoms with van der Waals surface area (Å²) >= 11 is 0. The highest BCUT2D eigenvalue weighted by molar-refractivity contribution is 4.67. The van der Waals surface area contributed by atoms with Crippen molar-refractivity contribution < 1.29 is 0 Å². The van der Waals surface area contributed by atoms with Gasteiger partial charge in [0.15, 0.2) is 0 Å². The fourth-order valence-electron chi connectivity index (χ4n) is 4.06. The molecule has 0 nitrogen and oxygen atoms in total. The second kappa shape index (κ2) is 11.6. The first-order valence-electron chi connectivity index (χ1n) is 9.72. The lowest BCUT2D eigenvalue weighted by Crippen LogP contribution is -2.08. The molecule has 0 aromatic rings. The lowest BCUT2D eigenvalue weighted by Gasteiger charge is -2.22. The maximum absolute atomic E-state index is 2.34. The Morgan fingerprint density at radius 3 is 1.70 bits per heavy atom. The van der Waals surface area contributed by atoms with Gasteiger partial charge in [-0.3, -0.25) is 0 Å². The van der Waals surface area contributed by atoms with E-state index in [-0.39, 0.29) is 0 Å². The van der Waals surface area contributed by atoms with Gasteiger partial charge in [0, 0.05) is 0 Å². The van der Waals surface area contributed by atoms with Crippen molar-refractivity contribution in [3.05, 3.63) is 0 Å². The molecule has 0 heterocycles. The van der Waals surface area contributed by atoms with E-state index >= 15 is 0 Å². The molecule has 20 heavy (non-hydrogen) atoms. The smallest absolute Gasteiger partial charge is 0.0412 e. The minimum Gasteiger partial charge on any atom is -0.0654 e. The van der Waals surface area contributed by atoms with Crippen LogP contribution in [0.25, 0.3) is 0 Å². The van der Waals surface area contributed by atoms with Crippen LogP contribution in [0.4, 0.5) is 0 Å². The monoisotopic (exact) mass is 280 g/mol. The van der Waals surface area contributed by atoms with Crippen molar-refractivity contribution in [3.63, 3.8) is 0 Å². The highest BCUT2D eigenvalue weighted by Gasteiger charge is 2.14. The van der Waals surface area contributed by atoms with Gasteiger partial charge in [-0.1, -0.05) is 104 Å². The number of unbranched alkanes of at least 4 members (excludes halogenated alkanes) is 1. The van der Waals surface area contributed by atoms with Gasteiger partial charge < -0.3 is 0 Å². The van der Waals surface area contributed by atoms with Crippen molar-refractivity contribution in [1.29, 1.82) is 0 Å². The first-order chi connectivity index (χ1) is 9.72. The maximum atomic E-state index is 2.34. The SMILES string of the molecule is CC(C)CC1CCCCC1.CCCCC1CCCCC1. The molecule has 0 aromatic carbocycles. The minimum absolute atomic E-state index is 0.920. The van der Waals surface area contributed by atoms with Crippen LogP contribution in [0.1, 0.15) is 111 Å².